The summed E-state index contributed by atoms with van der Waals surface area (Å²) in [5.74, 6) is 0. The van der Waals surface area contributed by atoms with Crippen molar-refractivity contribution in [1.82, 2.24) is 4.90 Å². The van der Waals surface area contributed by atoms with Crippen LogP contribution < -0.4 is 11.1 Å². The number of nitrogens with zero attached hydrogens (tertiary/aromatic N) is 1. The van der Waals surface area contributed by atoms with Crippen LogP contribution in [0, 0.1) is 0 Å². The lowest BCUT2D eigenvalue weighted by Crippen LogP contribution is -2.38. The summed E-state index contributed by atoms with van der Waals surface area (Å²) in [6.07, 6.45) is -4.41. The first kappa shape index (κ1) is 14.3. The molecule has 3 N–H and O–H groups in total. The fourth-order valence-electron chi connectivity index (χ4n) is 1.28. The second kappa shape index (κ2) is 5.72. The van der Waals surface area contributed by atoms with Crippen molar-refractivity contribution in [3.63, 3.8) is 0 Å². The van der Waals surface area contributed by atoms with Gasteiger partial charge >= 0.3 is 12.2 Å². The van der Waals surface area contributed by atoms with Crippen molar-refractivity contribution in [3.8, 4) is 0 Å². The van der Waals surface area contributed by atoms with Crippen molar-refractivity contribution in [1.29, 1.82) is 0 Å². The summed E-state index contributed by atoms with van der Waals surface area (Å²) in [5.41, 5.74) is 6.69. The number of hydrogen-bond donors (Lipinski definition) is 2. The molecule has 0 saturated heterocycles. The van der Waals surface area contributed by atoms with Crippen molar-refractivity contribution >= 4 is 11.7 Å². The number of nitrogens with one attached hydrogen (secondary N) is 1. The maximum absolute atomic E-state index is 12.1. The molecule has 18 heavy (non-hydrogen) atoms. The quantitative estimate of drug-likeness (QED) is 0.876. The highest BCUT2D eigenvalue weighted by Crippen LogP contribution is 2.16. The molecule has 0 aliphatic rings. The second-order valence-electron chi connectivity index (χ2n) is 3.80. The summed E-state index contributed by atoms with van der Waals surface area (Å²) >= 11 is 0. The second-order valence-corrected chi connectivity index (χ2v) is 3.80. The van der Waals surface area contributed by atoms with Gasteiger partial charge in [-0.15, -0.1) is 0 Å². The third kappa shape index (κ3) is 4.62. The predicted molar refractivity (Wildman–Crippen MR) is 62.0 cm³/mol. The zero-order chi connectivity index (χ0) is 13.8. The van der Waals surface area contributed by atoms with E-state index in [2.05, 4.69) is 5.32 Å². The molecule has 0 aliphatic heterocycles. The number of nitrogens with two attached hydrogens (primary N) is 1. The Labute approximate surface area is 103 Å². The molecule has 100 valence electrons. The summed E-state index contributed by atoms with van der Waals surface area (Å²) < 4.78 is 36.2. The first-order chi connectivity index (χ1) is 8.31. The number of anilines is 1. The van der Waals surface area contributed by atoms with E-state index in [1.165, 1.54) is 0 Å². The van der Waals surface area contributed by atoms with Crippen LogP contribution in [0.5, 0.6) is 0 Å². The van der Waals surface area contributed by atoms with E-state index in [1.54, 1.807) is 24.3 Å². The summed E-state index contributed by atoms with van der Waals surface area (Å²) in [5, 5.41) is 2.36. The van der Waals surface area contributed by atoms with Gasteiger partial charge in [-0.3, -0.25) is 0 Å². The topological polar surface area (TPSA) is 58.4 Å². The van der Waals surface area contributed by atoms with Gasteiger partial charge < -0.3 is 16.0 Å². The van der Waals surface area contributed by atoms with Gasteiger partial charge in [0.1, 0.15) is 6.54 Å². The van der Waals surface area contributed by atoms with E-state index in [0.29, 0.717) is 17.1 Å². The number of carbonyl (C=O) groups excluding carboxylic acids is 1. The number of carbonyl (C=O) groups is 1. The maximum Gasteiger partial charge on any atom is 0.406 e. The van der Waals surface area contributed by atoms with Crippen LogP contribution in [0.2, 0.25) is 0 Å². The molecule has 1 aromatic carbocycles. The summed E-state index contributed by atoms with van der Waals surface area (Å²) in [4.78, 5) is 12.0. The van der Waals surface area contributed by atoms with Crippen LogP contribution in [0.4, 0.5) is 23.7 Å². The van der Waals surface area contributed by atoms with Crippen molar-refractivity contribution in [2.45, 2.75) is 12.7 Å². The van der Waals surface area contributed by atoms with E-state index >= 15 is 0 Å². The molecule has 0 heterocycles. The maximum atomic E-state index is 12.1. The van der Waals surface area contributed by atoms with Gasteiger partial charge in [0.25, 0.3) is 0 Å². The molecule has 0 aromatic heterocycles. The largest absolute Gasteiger partial charge is 0.406 e. The van der Waals surface area contributed by atoms with Crippen LogP contribution >= 0.6 is 0 Å². The number of amides is 2. The third-order valence-electron chi connectivity index (χ3n) is 2.20. The Morgan fingerprint density at radius 1 is 1.33 bits per heavy atom. The van der Waals surface area contributed by atoms with E-state index in [-0.39, 0.29) is 0 Å². The smallest absolute Gasteiger partial charge is 0.326 e. The first-order valence-corrected chi connectivity index (χ1v) is 5.19. The van der Waals surface area contributed by atoms with Crippen LogP contribution in [0.3, 0.4) is 0 Å². The van der Waals surface area contributed by atoms with Gasteiger partial charge in [-0.1, -0.05) is 12.1 Å². The van der Waals surface area contributed by atoms with E-state index in [4.69, 9.17) is 5.73 Å². The fourth-order valence-corrected chi connectivity index (χ4v) is 1.28. The van der Waals surface area contributed by atoms with Crippen LogP contribution in [-0.2, 0) is 6.54 Å². The number of urea groups is 1. The standard InChI is InChI=1S/C11H14F3N3O/c1-17(7-11(12,13)14)10(18)16-9-4-2-8(6-15)3-5-9/h2-5H,6-7,15H2,1H3,(H,16,18). The number of rotatable bonds is 3. The number of hydrogen-bond acceptors (Lipinski definition) is 2. The Morgan fingerprint density at radius 3 is 2.33 bits per heavy atom. The minimum absolute atomic E-state index is 0.363. The molecule has 0 bridgehead atoms. The Balaban J connectivity index is 2.58. The molecule has 2 amide bonds. The summed E-state index contributed by atoms with van der Waals surface area (Å²) in [7, 11) is 1.08. The molecule has 0 fully saturated rings. The predicted octanol–water partition coefficient (Wildman–Crippen LogP) is 2.17. The molecule has 0 aliphatic carbocycles. The van der Waals surface area contributed by atoms with E-state index in [1.807, 2.05) is 0 Å². The average molecular weight is 261 g/mol. The van der Waals surface area contributed by atoms with Gasteiger partial charge in [-0.2, -0.15) is 13.2 Å². The molecule has 0 spiro atoms. The van der Waals surface area contributed by atoms with Gasteiger partial charge in [-0.05, 0) is 17.7 Å². The van der Waals surface area contributed by atoms with Crippen molar-refractivity contribution < 1.29 is 18.0 Å². The molecule has 4 nitrogen and oxygen atoms in total. The molecule has 1 aromatic rings. The van der Waals surface area contributed by atoms with Crippen LogP contribution in [0.1, 0.15) is 5.56 Å². The molecular weight excluding hydrogens is 247 g/mol. The molecule has 0 unspecified atom stereocenters. The molecular formula is C11H14F3N3O. The highest BCUT2D eigenvalue weighted by atomic mass is 19.4. The SMILES string of the molecule is CN(CC(F)(F)F)C(=O)Nc1ccc(CN)cc1. The van der Waals surface area contributed by atoms with Crippen molar-refractivity contribution in [2.24, 2.45) is 5.73 Å². The average Bonchev–Trinajstić information content (AvgIpc) is 2.27. The van der Waals surface area contributed by atoms with Crippen molar-refractivity contribution in [3.05, 3.63) is 29.8 Å². The minimum Gasteiger partial charge on any atom is -0.326 e. The number of halogens is 3. The highest BCUT2D eigenvalue weighted by molar-refractivity contribution is 5.89. The summed E-state index contributed by atoms with van der Waals surface area (Å²) in [6, 6.07) is 5.75. The Bertz CT molecular complexity index is 403. The molecule has 0 atom stereocenters. The Kier molecular flexibility index (Phi) is 4.55. The lowest BCUT2D eigenvalue weighted by molar-refractivity contribution is -0.137. The van der Waals surface area contributed by atoms with Gasteiger partial charge in [0.2, 0.25) is 0 Å². The van der Waals surface area contributed by atoms with Gasteiger partial charge in [0.15, 0.2) is 0 Å². The van der Waals surface area contributed by atoms with E-state index in [9.17, 15) is 18.0 Å². The monoisotopic (exact) mass is 261 g/mol. The normalized spacial score (nSPS) is 11.2. The lowest BCUT2D eigenvalue weighted by atomic mass is 10.2. The molecule has 1 rings (SSSR count). The Morgan fingerprint density at radius 2 is 1.89 bits per heavy atom. The third-order valence-corrected chi connectivity index (χ3v) is 2.20. The highest BCUT2D eigenvalue weighted by Gasteiger charge is 2.31. The van der Waals surface area contributed by atoms with Gasteiger partial charge in [0, 0.05) is 19.3 Å². The van der Waals surface area contributed by atoms with Crippen LogP contribution in [0.25, 0.3) is 0 Å². The number of benzene rings is 1. The zero-order valence-corrected chi connectivity index (χ0v) is 9.79. The van der Waals surface area contributed by atoms with Gasteiger partial charge in [0.05, 0.1) is 0 Å². The Hall–Kier alpha value is -1.76. The van der Waals surface area contributed by atoms with Crippen LogP contribution in [-0.4, -0.2) is 30.7 Å². The minimum atomic E-state index is -4.41. The molecule has 0 radical (unpaired) electrons. The zero-order valence-electron chi connectivity index (χ0n) is 9.79. The first-order valence-electron chi connectivity index (χ1n) is 5.19. The molecule has 7 heteroatoms. The van der Waals surface area contributed by atoms with Crippen molar-refractivity contribution in [2.75, 3.05) is 18.9 Å². The van der Waals surface area contributed by atoms with E-state index in [0.717, 1.165) is 12.6 Å². The van der Waals surface area contributed by atoms with Gasteiger partial charge in [-0.25, -0.2) is 4.79 Å². The number of alkyl halides is 3. The van der Waals surface area contributed by atoms with E-state index < -0.39 is 18.8 Å². The summed E-state index contributed by atoms with van der Waals surface area (Å²) in [6.45, 7) is -0.929. The van der Waals surface area contributed by atoms with Crippen LogP contribution in [0.15, 0.2) is 24.3 Å². The molecule has 0 saturated carbocycles. The fraction of sp³-hybridized carbons (Fsp3) is 0.364. The lowest BCUT2D eigenvalue weighted by Gasteiger charge is -2.19.